The van der Waals surface area contributed by atoms with Gasteiger partial charge in [0.1, 0.15) is 0 Å². The summed E-state index contributed by atoms with van der Waals surface area (Å²) in [6.07, 6.45) is 0. The van der Waals surface area contributed by atoms with Crippen LogP contribution in [0.3, 0.4) is 0 Å². The Kier molecular flexibility index (Phi) is 4.39. The molecule has 104 valence electrons. The highest BCUT2D eigenvalue weighted by Gasteiger charge is 2.19. The van der Waals surface area contributed by atoms with Gasteiger partial charge in [0, 0.05) is 38.4 Å². The van der Waals surface area contributed by atoms with Crippen LogP contribution in [-0.2, 0) is 11.3 Å². The second-order valence-corrected chi connectivity index (χ2v) is 4.95. The van der Waals surface area contributed by atoms with Gasteiger partial charge in [0.25, 0.3) is 0 Å². The lowest BCUT2D eigenvalue weighted by Crippen LogP contribution is -2.44. The Morgan fingerprint density at radius 2 is 2.00 bits per heavy atom. The van der Waals surface area contributed by atoms with Gasteiger partial charge >= 0.3 is 5.97 Å². The summed E-state index contributed by atoms with van der Waals surface area (Å²) in [6, 6.07) is 5.56. The summed E-state index contributed by atoms with van der Waals surface area (Å²) in [5, 5.41) is 0. The van der Waals surface area contributed by atoms with E-state index in [0.29, 0.717) is 11.3 Å². The minimum absolute atomic E-state index is 0.359. The lowest BCUT2D eigenvalue weighted by Gasteiger charge is -2.32. The van der Waals surface area contributed by atoms with Gasteiger partial charge in [0.05, 0.1) is 12.7 Å². The first-order valence-electron chi connectivity index (χ1n) is 6.48. The van der Waals surface area contributed by atoms with Gasteiger partial charge in [0.2, 0.25) is 0 Å². The summed E-state index contributed by atoms with van der Waals surface area (Å²) in [4.78, 5) is 16.5. The number of nitrogens with zero attached hydrogens (tertiary/aromatic N) is 2. The first-order valence-corrected chi connectivity index (χ1v) is 6.48. The standard InChI is InChI=1S/C14H21N3O2/c1-16-6-8-17(9-7-16)10-11-4-3-5-12(15)13(11)14(18)19-2/h3-5H,6-10,15H2,1-2H3. The Hall–Kier alpha value is -1.59. The minimum Gasteiger partial charge on any atom is -0.465 e. The molecule has 0 bridgehead atoms. The summed E-state index contributed by atoms with van der Waals surface area (Å²) >= 11 is 0. The number of hydrogen-bond donors (Lipinski definition) is 1. The molecule has 0 unspecified atom stereocenters. The van der Waals surface area contributed by atoms with Crippen LogP contribution in [0, 0.1) is 0 Å². The predicted molar refractivity (Wildman–Crippen MR) is 75.0 cm³/mol. The molecular formula is C14H21N3O2. The van der Waals surface area contributed by atoms with Crippen molar-refractivity contribution in [2.24, 2.45) is 0 Å². The molecule has 19 heavy (non-hydrogen) atoms. The first kappa shape index (κ1) is 13.8. The van der Waals surface area contributed by atoms with Gasteiger partial charge in [-0.2, -0.15) is 0 Å². The number of rotatable bonds is 3. The lowest BCUT2D eigenvalue weighted by molar-refractivity contribution is 0.0598. The number of benzene rings is 1. The molecule has 0 aromatic heterocycles. The van der Waals surface area contributed by atoms with Crippen LogP contribution in [0.2, 0.25) is 0 Å². The Labute approximate surface area is 113 Å². The predicted octanol–water partition coefficient (Wildman–Crippen LogP) is 0.803. The molecule has 0 aliphatic carbocycles. The van der Waals surface area contributed by atoms with Crippen molar-refractivity contribution in [2.45, 2.75) is 6.54 Å². The fourth-order valence-corrected chi connectivity index (χ4v) is 2.35. The molecule has 1 aliphatic rings. The molecule has 0 spiro atoms. The van der Waals surface area contributed by atoms with Gasteiger partial charge in [0.15, 0.2) is 0 Å². The third-order valence-electron chi connectivity index (χ3n) is 3.56. The molecule has 1 aromatic rings. The fraction of sp³-hybridized carbons (Fsp3) is 0.500. The zero-order valence-electron chi connectivity index (χ0n) is 11.6. The van der Waals surface area contributed by atoms with Crippen molar-refractivity contribution in [3.63, 3.8) is 0 Å². The number of hydrogen-bond acceptors (Lipinski definition) is 5. The first-order chi connectivity index (χ1) is 9.11. The van der Waals surface area contributed by atoms with Crippen LogP contribution in [0.4, 0.5) is 5.69 Å². The number of carbonyl (C=O) groups excluding carboxylic acids is 1. The molecule has 2 N–H and O–H groups in total. The van der Waals surface area contributed by atoms with Gasteiger partial charge in [-0.3, -0.25) is 4.90 Å². The molecule has 5 heteroatoms. The monoisotopic (exact) mass is 263 g/mol. The van der Waals surface area contributed by atoms with Crippen LogP contribution in [0.5, 0.6) is 0 Å². The van der Waals surface area contributed by atoms with Crippen molar-refractivity contribution in [3.05, 3.63) is 29.3 Å². The molecule has 1 aliphatic heterocycles. The van der Waals surface area contributed by atoms with Crippen molar-refractivity contribution < 1.29 is 9.53 Å². The van der Waals surface area contributed by atoms with E-state index in [9.17, 15) is 4.79 Å². The number of nitrogens with two attached hydrogens (primary N) is 1. The number of esters is 1. The van der Waals surface area contributed by atoms with Crippen LogP contribution >= 0.6 is 0 Å². The van der Waals surface area contributed by atoms with Gasteiger partial charge < -0.3 is 15.4 Å². The van der Waals surface area contributed by atoms with E-state index in [2.05, 4.69) is 16.8 Å². The molecule has 2 rings (SSSR count). The molecule has 5 nitrogen and oxygen atoms in total. The number of methoxy groups -OCH3 is 1. The van der Waals surface area contributed by atoms with Crippen molar-refractivity contribution in [2.75, 3.05) is 46.1 Å². The number of anilines is 1. The topological polar surface area (TPSA) is 58.8 Å². The number of ether oxygens (including phenoxy) is 1. The van der Waals surface area contributed by atoms with E-state index in [0.717, 1.165) is 38.3 Å². The second-order valence-electron chi connectivity index (χ2n) is 4.95. The Balaban J connectivity index is 2.16. The Morgan fingerprint density at radius 3 is 2.63 bits per heavy atom. The highest BCUT2D eigenvalue weighted by atomic mass is 16.5. The SMILES string of the molecule is COC(=O)c1c(N)cccc1CN1CCN(C)CC1. The number of likely N-dealkylation sites (N-methyl/N-ethyl adjacent to an activating group) is 1. The van der Waals surface area contributed by atoms with E-state index in [4.69, 9.17) is 10.5 Å². The maximum absolute atomic E-state index is 11.8. The van der Waals surface area contributed by atoms with Crippen molar-refractivity contribution in [3.8, 4) is 0 Å². The summed E-state index contributed by atoms with van der Waals surface area (Å²) in [5.41, 5.74) is 7.83. The van der Waals surface area contributed by atoms with Crippen LogP contribution in [0.25, 0.3) is 0 Å². The third-order valence-corrected chi connectivity index (χ3v) is 3.56. The maximum Gasteiger partial charge on any atom is 0.340 e. The molecule has 0 radical (unpaired) electrons. The molecule has 0 amide bonds. The summed E-state index contributed by atoms with van der Waals surface area (Å²) in [6.45, 7) is 4.85. The number of carbonyl (C=O) groups is 1. The van der Waals surface area contributed by atoms with Crippen LogP contribution < -0.4 is 5.73 Å². The summed E-state index contributed by atoms with van der Waals surface area (Å²) in [5.74, 6) is -0.359. The van der Waals surface area contributed by atoms with Gasteiger partial charge in [-0.1, -0.05) is 12.1 Å². The van der Waals surface area contributed by atoms with Crippen molar-refractivity contribution in [1.29, 1.82) is 0 Å². The molecule has 1 aromatic carbocycles. The fourth-order valence-electron chi connectivity index (χ4n) is 2.35. The average molecular weight is 263 g/mol. The molecule has 1 fully saturated rings. The molecule has 1 heterocycles. The summed E-state index contributed by atoms with van der Waals surface area (Å²) < 4.78 is 4.82. The highest BCUT2D eigenvalue weighted by Crippen LogP contribution is 2.20. The Morgan fingerprint density at radius 1 is 1.32 bits per heavy atom. The van der Waals surface area contributed by atoms with E-state index in [1.54, 1.807) is 6.07 Å². The molecule has 1 saturated heterocycles. The van der Waals surface area contributed by atoms with Gasteiger partial charge in [-0.25, -0.2) is 4.79 Å². The third kappa shape index (κ3) is 3.24. The quantitative estimate of drug-likeness (QED) is 0.646. The average Bonchev–Trinajstić information content (AvgIpc) is 2.41. The van der Waals surface area contributed by atoms with Gasteiger partial charge in [-0.15, -0.1) is 0 Å². The van der Waals surface area contributed by atoms with E-state index in [1.807, 2.05) is 12.1 Å². The smallest absolute Gasteiger partial charge is 0.340 e. The van der Waals surface area contributed by atoms with Crippen LogP contribution in [-0.4, -0.2) is 56.1 Å². The second kappa shape index (κ2) is 6.04. The Bertz CT molecular complexity index is 454. The lowest BCUT2D eigenvalue weighted by atomic mass is 10.0. The zero-order valence-corrected chi connectivity index (χ0v) is 11.6. The van der Waals surface area contributed by atoms with E-state index < -0.39 is 0 Å². The van der Waals surface area contributed by atoms with Crippen LogP contribution in [0.15, 0.2) is 18.2 Å². The van der Waals surface area contributed by atoms with E-state index in [-0.39, 0.29) is 5.97 Å². The largest absolute Gasteiger partial charge is 0.465 e. The molecular weight excluding hydrogens is 242 g/mol. The van der Waals surface area contributed by atoms with E-state index >= 15 is 0 Å². The minimum atomic E-state index is -0.359. The number of nitrogen functional groups attached to an aromatic ring is 1. The summed E-state index contributed by atoms with van der Waals surface area (Å²) in [7, 11) is 3.51. The van der Waals surface area contributed by atoms with Crippen molar-refractivity contribution >= 4 is 11.7 Å². The van der Waals surface area contributed by atoms with Crippen molar-refractivity contribution in [1.82, 2.24) is 9.80 Å². The highest BCUT2D eigenvalue weighted by molar-refractivity contribution is 5.96. The molecule has 0 atom stereocenters. The normalized spacial score (nSPS) is 17.4. The maximum atomic E-state index is 11.8. The van der Waals surface area contributed by atoms with Crippen LogP contribution in [0.1, 0.15) is 15.9 Å². The zero-order chi connectivity index (χ0) is 13.8. The number of piperazine rings is 1. The van der Waals surface area contributed by atoms with E-state index in [1.165, 1.54) is 7.11 Å². The molecule has 0 saturated carbocycles. The van der Waals surface area contributed by atoms with Gasteiger partial charge in [-0.05, 0) is 18.7 Å².